The SMILES string of the molecule is CC(C)(C)OC(=O)N1C(C(=O)O)COC12COC2. The van der Waals surface area contributed by atoms with E-state index in [-0.39, 0.29) is 19.8 Å². The average Bonchev–Trinajstić information content (AvgIpc) is 2.53. The van der Waals surface area contributed by atoms with Crippen LogP contribution in [0.5, 0.6) is 0 Å². The number of amides is 1. The predicted octanol–water partition coefficient (Wildman–Crippen LogP) is 0.433. The maximum absolute atomic E-state index is 12.1. The molecule has 2 aliphatic rings. The predicted molar refractivity (Wildman–Crippen MR) is 59.0 cm³/mol. The van der Waals surface area contributed by atoms with Crippen LogP contribution in [0.4, 0.5) is 4.79 Å². The van der Waals surface area contributed by atoms with Crippen molar-refractivity contribution in [3.63, 3.8) is 0 Å². The van der Waals surface area contributed by atoms with Crippen LogP contribution in [0.2, 0.25) is 0 Å². The van der Waals surface area contributed by atoms with Crippen molar-refractivity contribution >= 4 is 12.1 Å². The molecule has 7 nitrogen and oxygen atoms in total. The number of aliphatic carboxylic acids is 1. The number of carboxylic acids is 1. The molecule has 1 amide bonds. The monoisotopic (exact) mass is 259 g/mol. The molecule has 102 valence electrons. The second-order valence-electron chi connectivity index (χ2n) is 5.45. The summed E-state index contributed by atoms with van der Waals surface area (Å²) in [6.45, 7) is 5.48. The minimum absolute atomic E-state index is 0.0437. The zero-order chi connectivity index (χ0) is 13.6. The van der Waals surface area contributed by atoms with Gasteiger partial charge in [-0.25, -0.2) is 9.59 Å². The Morgan fingerprint density at radius 3 is 2.39 bits per heavy atom. The van der Waals surface area contributed by atoms with Crippen molar-refractivity contribution in [2.75, 3.05) is 19.8 Å². The highest BCUT2D eigenvalue weighted by Crippen LogP contribution is 2.35. The summed E-state index contributed by atoms with van der Waals surface area (Å²) in [5.74, 6) is -1.11. The van der Waals surface area contributed by atoms with Crippen molar-refractivity contribution in [1.82, 2.24) is 4.90 Å². The Morgan fingerprint density at radius 1 is 1.39 bits per heavy atom. The molecule has 7 heteroatoms. The van der Waals surface area contributed by atoms with Crippen LogP contribution in [0.25, 0.3) is 0 Å². The van der Waals surface area contributed by atoms with Gasteiger partial charge >= 0.3 is 12.1 Å². The third-order valence-corrected chi connectivity index (χ3v) is 2.79. The molecule has 0 aliphatic carbocycles. The average molecular weight is 259 g/mol. The number of ether oxygens (including phenoxy) is 3. The number of carbonyl (C=O) groups is 2. The second-order valence-corrected chi connectivity index (χ2v) is 5.45. The first kappa shape index (κ1) is 13.1. The van der Waals surface area contributed by atoms with Crippen molar-refractivity contribution in [1.29, 1.82) is 0 Å². The molecular weight excluding hydrogens is 242 g/mol. The van der Waals surface area contributed by atoms with Crippen molar-refractivity contribution in [2.24, 2.45) is 0 Å². The van der Waals surface area contributed by atoms with Crippen molar-refractivity contribution in [3.05, 3.63) is 0 Å². The van der Waals surface area contributed by atoms with Crippen LogP contribution in [-0.4, -0.2) is 59.3 Å². The Labute approximate surface area is 105 Å². The number of nitrogens with zero attached hydrogens (tertiary/aromatic N) is 1. The summed E-state index contributed by atoms with van der Waals surface area (Å²) in [6.07, 6.45) is -0.685. The standard InChI is InChI=1S/C11H17NO6/c1-10(2,3)18-9(15)12-7(8(13)14)4-17-11(12)5-16-6-11/h7H,4-6H2,1-3H3,(H,13,14). The third kappa shape index (κ3) is 2.15. The molecule has 0 bridgehead atoms. The molecule has 1 unspecified atom stereocenters. The van der Waals surface area contributed by atoms with Crippen LogP contribution in [0.3, 0.4) is 0 Å². The third-order valence-electron chi connectivity index (χ3n) is 2.79. The van der Waals surface area contributed by atoms with Gasteiger partial charge in [0, 0.05) is 0 Å². The van der Waals surface area contributed by atoms with E-state index < -0.39 is 29.4 Å². The first-order valence-electron chi connectivity index (χ1n) is 5.72. The summed E-state index contributed by atoms with van der Waals surface area (Å²) in [7, 11) is 0. The van der Waals surface area contributed by atoms with E-state index in [0.717, 1.165) is 4.90 Å². The van der Waals surface area contributed by atoms with E-state index in [1.807, 2.05) is 0 Å². The number of rotatable bonds is 1. The van der Waals surface area contributed by atoms with Crippen LogP contribution in [0.1, 0.15) is 20.8 Å². The topological polar surface area (TPSA) is 85.3 Å². The van der Waals surface area contributed by atoms with Gasteiger partial charge in [0.15, 0.2) is 11.8 Å². The van der Waals surface area contributed by atoms with Gasteiger partial charge in [0.2, 0.25) is 0 Å². The molecule has 0 aromatic carbocycles. The zero-order valence-corrected chi connectivity index (χ0v) is 10.6. The fraction of sp³-hybridized carbons (Fsp3) is 0.818. The number of hydrogen-bond acceptors (Lipinski definition) is 5. The second kappa shape index (κ2) is 4.10. The van der Waals surface area contributed by atoms with Crippen molar-refractivity contribution < 1.29 is 28.9 Å². The van der Waals surface area contributed by atoms with Crippen LogP contribution < -0.4 is 0 Å². The molecular formula is C11H17NO6. The Balaban J connectivity index is 2.19. The number of carbonyl (C=O) groups excluding carboxylic acids is 1. The summed E-state index contributed by atoms with van der Waals surface area (Å²) in [5, 5.41) is 9.11. The van der Waals surface area contributed by atoms with E-state index in [1.165, 1.54) is 0 Å². The molecule has 2 rings (SSSR count). The summed E-state index contributed by atoms with van der Waals surface area (Å²) in [4.78, 5) is 24.4. The van der Waals surface area contributed by atoms with Crippen LogP contribution in [0.15, 0.2) is 0 Å². The molecule has 2 saturated heterocycles. The van der Waals surface area contributed by atoms with Gasteiger partial charge in [-0.1, -0.05) is 0 Å². The van der Waals surface area contributed by atoms with E-state index in [1.54, 1.807) is 20.8 Å². The lowest BCUT2D eigenvalue weighted by atomic mass is 10.1. The fourth-order valence-corrected chi connectivity index (χ4v) is 1.95. The highest BCUT2D eigenvalue weighted by Gasteiger charge is 2.58. The summed E-state index contributed by atoms with van der Waals surface area (Å²) < 4.78 is 15.7. The van der Waals surface area contributed by atoms with E-state index in [0.29, 0.717) is 0 Å². The van der Waals surface area contributed by atoms with Crippen LogP contribution in [0, 0.1) is 0 Å². The molecule has 0 radical (unpaired) electrons. The fourth-order valence-electron chi connectivity index (χ4n) is 1.95. The zero-order valence-electron chi connectivity index (χ0n) is 10.6. The van der Waals surface area contributed by atoms with Gasteiger partial charge in [0.25, 0.3) is 0 Å². The molecule has 2 fully saturated rings. The lowest BCUT2D eigenvalue weighted by Crippen LogP contribution is -2.64. The minimum atomic E-state index is -1.11. The van der Waals surface area contributed by atoms with Gasteiger partial charge in [-0.2, -0.15) is 0 Å². The molecule has 1 spiro atoms. The highest BCUT2D eigenvalue weighted by molar-refractivity contribution is 5.81. The largest absolute Gasteiger partial charge is 0.480 e. The van der Waals surface area contributed by atoms with Gasteiger partial charge < -0.3 is 19.3 Å². The molecule has 1 N–H and O–H groups in total. The van der Waals surface area contributed by atoms with Gasteiger partial charge in [0.1, 0.15) is 5.60 Å². The van der Waals surface area contributed by atoms with Crippen LogP contribution >= 0.6 is 0 Å². The number of carboxylic acid groups (broad SMARTS) is 1. The molecule has 1 atom stereocenters. The van der Waals surface area contributed by atoms with Gasteiger partial charge in [-0.15, -0.1) is 0 Å². The van der Waals surface area contributed by atoms with E-state index in [4.69, 9.17) is 19.3 Å². The quantitative estimate of drug-likeness (QED) is 0.735. The first-order chi connectivity index (χ1) is 8.25. The normalized spacial score (nSPS) is 25.9. The molecule has 2 heterocycles. The summed E-state index contributed by atoms with van der Waals surface area (Å²) in [5.41, 5.74) is -1.65. The lowest BCUT2D eigenvalue weighted by Gasteiger charge is -2.44. The molecule has 2 aliphatic heterocycles. The Bertz CT molecular complexity index is 370. The maximum atomic E-state index is 12.1. The van der Waals surface area contributed by atoms with E-state index in [2.05, 4.69) is 0 Å². The number of hydrogen-bond donors (Lipinski definition) is 1. The minimum Gasteiger partial charge on any atom is -0.480 e. The Hall–Kier alpha value is -1.34. The highest BCUT2D eigenvalue weighted by atomic mass is 16.6. The lowest BCUT2D eigenvalue weighted by molar-refractivity contribution is -0.236. The van der Waals surface area contributed by atoms with Crippen molar-refractivity contribution in [2.45, 2.75) is 38.1 Å². The smallest absolute Gasteiger partial charge is 0.413 e. The Morgan fingerprint density at radius 2 is 2.00 bits per heavy atom. The van der Waals surface area contributed by atoms with Gasteiger partial charge in [0.05, 0.1) is 19.8 Å². The first-order valence-corrected chi connectivity index (χ1v) is 5.72. The maximum Gasteiger partial charge on any atom is 0.413 e. The molecule has 0 saturated carbocycles. The Kier molecular flexibility index (Phi) is 2.98. The van der Waals surface area contributed by atoms with E-state index >= 15 is 0 Å². The summed E-state index contributed by atoms with van der Waals surface area (Å²) in [6, 6.07) is -1.02. The van der Waals surface area contributed by atoms with Gasteiger partial charge in [-0.3, -0.25) is 4.90 Å². The molecule has 18 heavy (non-hydrogen) atoms. The van der Waals surface area contributed by atoms with E-state index in [9.17, 15) is 9.59 Å². The molecule has 0 aromatic heterocycles. The van der Waals surface area contributed by atoms with Gasteiger partial charge in [-0.05, 0) is 20.8 Å². The molecule has 0 aromatic rings. The van der Waals surface area contributed by atoms with Crippen LogP contribution in [-0.2, 0) is 19.0 Å². The van der Waals surface area contributed by atoms with Crippen molar-refractivity contribution in [3.8, 4) is 0 Å². The summed E-state index contributed by atoms with van der Waals surface area (Å²) >= 11 is 0.